The lowest BCUT2D eigenvalue weighted by molar-refractivity contribution is -0.185. The van der Waals surface area contributed by atoms with Crippen molar-refractivity contribution in [2.45, 2.75) is 84.8 Å². The maximum Gasteiger partial charge on any atom is 0.349 e. The van der Waals surface area contributed by atoms with Gasteiger partial charge in [0, 0.05) is 0 Å². The fourth-order valence-electron chi connectivity index (χ4n) is 2.02. The predicted molar refractivity (Wildman–Crippen MR) is 103 cm³/mol. The largest absolute Gasteiger partial charge is 0.478 e. The second-order valence-electron chi connectivity index (χ2n) is 8.50. The first-order valence-corrected chi connectivity index (χ1v) is 9.43. The zero-order valence-electron chi connectivity index (χ0n) is 18.1. The highest BCUT2D eigenvalue weighted by atomic mass is 16.6. The number of carbonyl (C=O) groups excluding carboxylic acids is 3. The maximum absolute atomic E-state index is 12.3. The molecule has 4 atom stereocenters. The lowest BCUT2D eigenvalue weighted by Crippen LogP contribution is -2.49. The number of carbonyl (C=O) groups is 4. The highest BCUT2D eigenvalue weighted by Gasteiger charge is 2.40. The standard InChI is InChI=1S/C19H34N2O8/c1-9(2)13(20)17(25)27-11(8-12(22)29-19(5,6)7)15(16(23)24)28-18(26)14(21)10(3)4/h9-11,13-15H,8,20-21H2,1-7H3,(H,23,24)/t11?,13-,14-,15?/m0/s1. The van der Waals surface area contributed by atoms with Crippen molar-refractivity contribution in [3.8, 4) is 0 Å². The fourth-order valence-corrected chi connectivity index (χ4v) is 2.02. The Bertz CT molecular complexity index is 598. The van der Waals surface area contributed by atoms with Gasteiger partial charge in [-0.15, -0.1) is 0 Å². The molecule has 0 amide bonds. The molecule has 0 aromatic heterocycles. The Kier molecular flexibility index (Phi) is 10.3. The smallest absolute Gasteiger partial charge is 0.349 e. The fraction of sp³-hybridized carbons (Fsp3) is 0.789. The SMILES string of the molecule is CC(C)[C@H](N)C(=O)OC(CC(=O)OC(C)(C)C)C(OC(=O)[C@@H](N)C(C)C)C(=O)O. The first kappa shape index (κ1) is 26.8. The number of nitrogens with two attached hydrogens (primary N) is 2. The van der Waals surface area contributed by atoms with Crippen molar-refractivity contribution in [3.63, 3.8) is 0 Å². The number of carboxylic acid groups (broad SMARTS) is 1. The Morgan fingerprint density at radius 2 is 1.28 bits per heavy atom. The molecular formula is C19H34N2O8. The second-order valence-corrected chi connectivity index (χ2v) is 8.50. The molecule has 0 aliphatic carbocycles. The first-order chi connectivity index (χ1) is 13.1. The molecule has 0 heterocycles. The molecule has 0 saturated carbocycles. The number of rotatable bonds is 10. The molecule has 5 N–H and O–H groups in total. The monoisotopic (exact) mass is 418 g/mol. The summed E-state index contributed by atoms with van der Waals surface area (Å²) in [5.74, 6) is -4.98. The van der Waals surface area contributed by atoms with E-state index in [1.165, 1.54) is 0 Å². The lowest BCUT2D eigenvalue weighted by Gasteiger charge is -2.28. The molecule has 0 spiro atoms. The average Bonchev–Trinajstić information content (AvgIpc) is 2.54. The molecule has 0 aliphatic heterocycles. The molecule has 10 heteroatoms. The number of esters is 3. The van der Waals surface area contributed by atoms with Gasteiger partial charge in [0.15, 0.2) is 6.10 Å². The summed E-state index contributed by atoms with van der Waals surface area (Å²) >= 11 is 0. The highest BCUT2D eigenvalue weighted by Crippen LogP contribution is 2.17. The van der Waals surface area contributed by atoms with Crippen molar-refractivity contribution < 1.29 is 38.5 Å². The molecule has 0 fully saturated rings. The van der Waals surface area contributed by atoms with Crippen LogP contribution in [0.3, 0.4) is 0 Å². The molecule has 10 nitrogen and oxygen atoms in total. The van der Waals surface area contributed by atoms with Crippen LogP contribution in [-0.2, 0) is 33.4 Å². The van der Waals surface area contributed by atoms with E-state index in [0.29, 0.717) is 0 Å². The van der Waals surface area contributed by atoms with Crippen LogP contribution in [0.15, 0.2) is 0 Å². The van der Waals surface area contributed by atoms with Gasteiger partial charge in [0.05, 0.1) is 6.42 Å². The minimum atomic E-state index is -1.96. The van der Waals surface area contributed by atoms with Gasteiger partial charge < -0.3 is 30.8 Å². The van der Waals surface area contributed by atoms with Crippen LogP contribution >= 0.6 is 0 Å². The van der Waals surface area contributed by atoms with Gasteiger partial charge in [-0.2, -0.15) is 0 Å². The molecule has 0 aromatic carbocycles. The van der Waals surface area contributed by atoms with Gasteiger partial charge in [-0.05, 0) is 32.6 Å². The third kappa shape index (κ3) is 9.71. The molecule has 168 valence electrons. The molecule has 29 heavy (non-hydrogen) atoms. The van der Waals surface area contributed by atoms with E-state index in [2.05, 4.69) is 0 Å². The van der Waals surface area contributed by atoms with Crippen molar-refractivity contribution in [1.82, 2.24) is 0 Å². The molecule has 0 bridgehead atoms. The van der Waals surface area contributed by atoms with E-state index in [1.54, 1.807) is 48.5 Å². The van der Waals surface area contributed by atoms with Crippen molar-refractivity contribution in [3.05, 3.63) is 0 Å². The quantitative estimate of drug-likeness (QED) is 0.337. The van der Waals surface area contributed by atoms with Crippen LogP contribution in [-0.4, -0.2) is 58.9 Å². The van der Waals surface area contributed by atoms with E-state index in [-0.39, 0.29) is 11.8 Å². The summed E-state index contributed by atoms with van der Waals surface area (Å²) in [7, 11) is 0. The van der Waals surface area contributed by atoms with Crippen LogP contribution in [0.5, 0.6) is 0 Å². The third-order valence-electron chi connectivity index (χ3n) is 3.86. The highest BCUT2D eigenvalue weighted by molar-refractivity contribution is 5.83. The zero-order valence-corrected chi connectivity index (χ0v) is 18.1. The number of hydrogen-bond acceptors (Lipinski definition) is 9. The summed E-state index contributed by atoms with van der Waals surface area (Å²) in [6.07, 6.45) is -4.24. The number of carboxylic acids is 1. The van der Waals surface area contributed by atoms with Gasteiger partial charge in [-0.1, -0.05) is 27.7 Å². The van der Waals surface area contributed by atoms with E-state index in [4.69, 9.17) is 25.7 Å². The average molecular weight is 418 g/mol. The van der Waals surface area contributed by atoms with Crippen molar-refractivity contribution in [2.75, 3.05) is 0 Å². The second kappa shape index (κ2) is 11.1. The number of hydrogen-bond donors (Lipinski definition) is 3. The summed E-state index contributed by atoms with van der Waals surface area (Å²) in [4.78, 5) is 48.3. The number of ether oxygens (including phenoxy) is 3. The summed E-state index contributed by atoms with van der Waals surface area (Å²) < 4.78 is 15.3. The Balaban J connectivity index is 5.68. The third-order valence-corrected chi connectivity index (χ3v) is 3.86. The van der Waals surface area contributed by atoms with Gasteiger partial charge in [0.25, 0.3) is 0 Å². The summed E-state index contributed by atoms with van der Waals surface area (Å²) in [5, 5.41) is 9.53. The molecule has 0 aliphatic rings. The van der Waals surface area contributed by atoms with Gasteiger partial charge >= 0.3 is 23.9 Å². The van der Waals surface area contributed by atoms with Gasteiger partial charge in [-0.3, -0.25) is 14.4 Å². The Morgan fingerprint density at radius 1 is 0.862 bits per heavy atom. The number of aliphatic carboxylic acids is 1. The van der Waals surface area contributed by atoms with E-state index in [0.717, 1.165) is 0 Å². The molecule has 0 aromatic rings. The van der Waals surface area contributed by atoms with Crippen LogP contribution < -0.4 is 11.5 Å². The minimum absolute atomic E-state index is 0.301. The normalized spacial score (nSPS) is 16.0. The van der Waals surface area contributed by atoms with Crippen LogP contribution in [0, 0.1) is 11.8 Å². The Labute approximate surface area is 171 Å². The van der Waals surface area contributed by atoms with Gasteiger partial charge in [-0.25, -0.2) is 4.79 Å². The predicted octanol–water partition coefficient (Wildman–Crippen LogP) is 0.593. The molecule has 0 radical (unpaired) electrons. The van der Waals surface area contributed by atoms with Gasteiger partial charge in [0.1, 0.15) is 17.7 Å². The van der Waals surface area contributed by atoms with Gasteiger partial charge in [0.2, 0.25) is 6.10 Å². The minimum Gasteiger partial charge on any atom is -0.478 e. The zero-order chi connectivity index (χ0) is 23.1. The van der Waals surface area contributed by atoms with Crippen LogP contribution in [0.1, 0.15) is 54.9 Å². The molecular weight excluding hydrogens is 384 g/mol. The van der Waals surface area contributed by atoms with E-state index < -0.39 is 60.2 Å². The van der Waals surface area contributed by atoms with E-state index in [9.17, 15) is 24.3 Å². The van der Waals surface area contributed by atoms with Crippen LogP contribution in [0.4, 0.5) is 0 Å². The first-order valence-electron chi connectivity index (χ1n) is 9.43. The summed E-state index contributed by atoms with van der Waals surface area (Å²) in [5.41, 5.74) is 10.6. The summed E-state index contributed by atoms with van der Waals surface area (Å²) in [6.45, 7) is 11.5. The Morgan fingerprint density at radius 3 is 1.62 bits per heavy atom. The molecule has 2 unspecified atom stereocenters. The topological polar surface area (TPSA) is 168 Å². The van der Waals surface area contributed by atoms with Crippen molar-refractivity contribution in [1.29, 1.82) is 0 Å². The van der Waals surface area contributed by atoms with E-state index >= 15 is 0 Å². The van der Waals surface area contributed by atoms with E-state index in [1.807, 2.05) is 0 Å². The van der Waals surface area contributed by atoms with Crippen molar-refractivity contribution in [2.24, 2.45) is 23.3 Å². The maximum atomic E-state index is 12.3. The lowest BCUT2D eigenvalue weighted by atomic mass is 10.0. The van der Waals surface area contributed by atoms with Crippen LogP contribution in [0.2, 0.25) is 0 Å². The molecule has 0 saturated heterocycles. The summed E-state index contributed by atoms with van der Waals surface area (Å²) in [6, 6.07) is -2.15. The van der Waals surface area contributed by atoms with Crippen molar-refractivity contribution >= 4 is 23.9 Å². The molecule has 0 rings (SSSR count). The Hall–Kier alpha value is -2.20. The van der Waals surface area contributed by atoms with Crippen LogP contribution in [0.25, 0.3) is 0 Å².